The molecule has 0 saturated carbocycles. The van der Waals surface area contributed by atoms with Gasteiger partial charge in [-0.3, -0.25) is 0 Å². The number of hydrogen-bond acceptors (Lipinski definition) is 7. The largest absolute Gasteiger partial charge is 0.381 e. The molecule has 8 nitrogen and oxygen atoms in total. The first-order valence-electron chi connectivity index (χ1n) is 11.1. The van der Waals surface area contributed by atoms with Crippen LogP contribution in [0.15, 0.2) is 23.1 Å². The molecule has 2 atom stereocenters. The molecule has 1 aromatic rings. The zero-order valence-corrected chi connectivity index (χ0v) is 20.3. The Hall–Kier alpha value is -1.67. The number of rotatable bonds is 6. The van der Waals surface area contributed by atoms with Crippen LogP contribution in [0.1, 0.15) is 31.7 Å². The van der Waals surface area contributed by atoms with Gasteiger partial charge in [0.05, 0.1) is 27.7 Å². The molecule has 0 unspecified atom stereocenters. The van der Waals surface area contributed by atoms with Crippen molar-refractivity contribution >= 4 is 25.5 Å². The average molecular weight is 482 g/mol. The van der Waals surface area contributed by atoms with Gasteiger partial charge in [0.15, 0.2) is 9.84 Å². The topological polar surface area (TPSA) is 108 Å². The SMILES string of the molecule is CN(CCC1CCOCC1)S(=O)(=O)c1ccc(N2C[C@@H]3CS(=O)(=O)C[C@]3(C)C2)c(C#N)c1. The van der Waals surface area contributed by atoms with Crippen LogP contribution in [0.5, 0.6) is 0 Å². The third-order valence-electron chi connectivity index (χ3n) is 7.31. The molecule has 0 aromatic heterocycles. The summed E-state index contributed by atoms with van der Waals surface area (Å²) < 4.78 is 57.0. The molecular formula is C22H31N3O5S2. The second-order valence-electron chi connectivity index (χ2n) is 9.75. The highest BCUT2D eigenvalue weighted by Gasteiger charge is 2.52. The smallest absolute Gasteiger partial charge is 0.242 e. The Morgan fingerprint density at radius 1 is 1.31 bits per heavy atom. The van der Waals surface area contributed by atoms with Crippen molar-refractivity contribution in [3.63, 3.8) is 0 Å². The van der Waals surface area contributed by atoms with Crippen molar-refractivity contribution in [3.05, 3.63) is 23.8 Å². The van der Waals surface area contributed by atoms with Crippen LogP contribution in [0.4, 0.5) is 5.69 Å². The van der Waals surface area contributed by atoms with Crippen molar-refractivity contribution in [1.29, 1.82) is 5.26 Å². The van der Waals surface area contributed by atoms with E-state index in [9.17, 15) is 22.1 Å². The highest BCUT2D eigenvalue weighted by atomic mass is 32.2. The number of fused-ring (bicyclic) bond motifs is 1. The number of hydrogen-bond donors (Lipinski definition) is 0. The molecule has 1 aromatic carbocycles. The van der Waals surface area contributed by atoms with Gasteiger partial charge in [0, 0.05) is 45.3 Å². The first-order valence-corrected chi connectivity index (χ1v) is 14.3. The molecule has 0 bridgehead atoms. The molecule has 0 radical (unpaired) electrons. The Morgan fingerprint density at radius 3 is 2.69 bits per heavy atom. The molecule has 3 aliphatic heterocycles. The lowest BCUT2D eigenvalue weighted by atomic mass is 9.84. The van der Waals surface area contributed by atoms with Crippen LogP contribution >= 0.6 is 0 Å². The Morgan fingerprint density at radius 2 is 2.03 bits per heavy atom. The monoisotopic (exact) mass is 481 g/mol. The van der Waals surface area contributed by atoms with Gasteiger partial charge < -0.3 is 9.64 Å². The summed E-state index contributed by atoms with van der Waals surface area (Å²) in [5.74, 6) is 0.830. The Kier molecular flexibility index (Phi) is 6.31. The molecule has 4 rings (SSSR count). The number of benzene rings is 1. The van der Waals surface area contributed by atoms with Gasteiger partial charge in [0.1, 0.15) is 6.07 Å². The minimum atomic E-state index is -3.70. The molecule has 3 aliphatic rings. The van der Waals surface area contributed by atoms with Gasteiger partial charge in [-0.05, 0) is 49.3 Å². The average Bonchev–Trinajstić information content (AvgIpc) is 3.17. The third kappa shape index (κ3) is 4.53. The number of anilines is 1. The van der Waals surface area contributed by atoms with E-state index in [1.807, 2.05) is 11.8 Å². The summed E-state index contributed by atoms with van der Waals surface area (Å²) in [5.41, 5.74) is 0.639. The lowest BCUT2D eigenvalue weighted by Crippen LogP contribution is -2.31. The third-order valence-corrected chi connectivity index (χ3v) is 11.2. The van der Waals surface area contributed by atoms with Crippen LogP contribution in [0.2, 0.25) is 0 Å². The summed E-state index contributed by atoms with van der Waals surface area (Å²) in [7, 11) is -5.14. The molecule has 0 spiro atoms. The molecule has 32 heavy (non-hydrogen) atoms. The second kappa shape index (κ2) is 8.60. The zero-order valence-electron chi connectivity index (χ0n) is 18.7. The van der Waals surface area contributed by atoms with Crippen LogP contribution in [0.25, 0.3) is 0 Å². The van der Waals surface area contributed by atoms with Crippen LogP contribution in [0.3, 0.4) is 0 Å². The maximum absolute atomic E-state index is 13.1. The van der Waals surface area contributed by atoms with Crippen LogP contribution in [-0.2, 0) is 24.6 Å². The number of nitriles is 1. The molecule has 3 saturated heterocycles. The quantitative estimate of drug-likeness (QED) is 0.610. The maximum Gasteiger partial charge on any atom is 0.242 e. The van der Waals surface area contributed by atoms with Crippen molar-refractivity contribution < 1.29 is 21.6 Å². The molecule has 3 heterocycles. The standard InChI is InChI=1S/C22H31N3O5S2/c1-22-15-25(13-19(22)14-31(26,27)16-22)21-4-3-20(11-18(21)12-23)32(28,29)24(2)8-5-17-6-9-30-10-7-17/h3-4,11,17,19H,5-10,13-16H2,1-2H3/t19-,22+/m1/s1. The highest BCUT2D eigenvalue weighted by Crippen LogP contribution is 2.45. The first-order chi connectivity index (χ1) is 15.0. The predicted molar refractivity (Wildman–Crippen MR) is 122 cm³/mol. The predicted octanol–water partition coefficient (Wildman–Crippen LogP) is 1.87. The zero-order chi connectivity index (χ0) is 23.1. The van der Waals surface area contributed by atoms with Crippen LogP contribution in [0, 0.1) is 28.6 Å². The second-order valence-corrected chi connectivity index (χ2v) is 13.9. The Labute approximate surface area is 191 Å². The molecule has 0 aliphatic carbocycles. The molecule has 10 heteroatoms. The van der Waals surface area contributed by atoms with Gasteiger partial charge in [-0.2, -0.15) is 5.26 Å². The van der Waals surface area contributed by atoms with E-state index >= 15 is 0 Å². The van der Waals surface area contributed by atoms with Crippen molar-refractivity contribution in [2.75, 3.05) is 56.3 Å². The summed E-state index contributed by atoms with van der Waals surface area (Å²) in [6.07, 6.45) is 2.70. The van der Waals surface area contributed by atoms with E-state index in [2.05, 4.69) is 6.07 Å². The van der Waals surface area contributed by atoms with E-state index in [1.165, 1.54) is 10.4 Å². The van der Waals surface area contributed by atoms with E-state index in [1.54, 1.807) is 19.2 Å². The molecule has 3 fully saturated rings. The lowest BCUT2D eigenvalue weighted by Gasteiger charge is -2.26. The molecule has 0 amide bonds. The van der Waals surface area contributed by atoms with Gasteiger partial charge in [0.25, 0.3) is 0 Å². The number of sulfone groups is 1. The fourth-order valence-electron chi connectivity index (χ4n) is 5.33. The lowest BCUT2D eigenvalue weighted by molar-refractivity contribution is 0.0628. The number of sulfonamides is 1. The van der Waals surface area contributed by atoms with E-state index in [0.717, 1.165) is 32.5 Å². The minimum Gasteiger partial charge on any atom is -0.381 e. The van der Waals surface area contributed by atoms with Gasteiger partial charge in [-0.15, -0.1) is 0 Å². The van der Waals surface area contributed by atoms with Crippen LogP contribution in [-0.4, -0.2) is 72.5 Å². The molecule has 176 valence electrons. The van der Waals surface area contributed by atoms with Gasteiger partial charge >= 0.3 is 0 Å². The summed E-state index contributed by atoms with van der Waals surface area (Å²) in [4.78, 5) is 2.14. The molecular weight excluding hydrogens is 450 g/mol. The highest BCUT2D eigenvalue weighted by molar-refractivity contribution is 7.91. The van der Waals surface area contributed by atoms with Gasteiger partial charge in [0.2, 0.25) is 10.0 Å². The van der Waals surface area contributed by atoms with E-state index in [0.29, 0.717) is 36.8 Å². The van der Waals surface area contributed by atoms with E-state index in [4.69, 9.17) is 4.74 Å². The van der Waals surface area contributed by atoms with Crippen molar-refractivity contribution in [2.24, 2.45) is 17.3 Å². The number of ether oxygens (including phenoxy) is 1. The summed E-state index contributed by atoms with van der Waals surface area (Å²) in [6.45, 7) is 4.98. The summed E-state index contributed by atoms with van der Waals surface area (Å²) in [5, 5.41) is 9.74. The summed E-state index contributed by atoms with van der Waals surface area (Å²) >= 11 is 0. The fraction of sp³-hybridized carbons (Fsp3) is 0.682. The van der Waals surface area contributed by atoms with E-state index < -0.39 is 19.9 Å². The normalized spacial score (nSPS) is 28.1. The van der Waals surface area contributed by atoms with Gasteiger partial charge in [-0.25, -0.2) is 21.1 Å². The van der Waals surface area contributed by atoms with Gasteiger partial charge in [-0.1, -0.05) is 6.92 Å². The molecule has 0 N–H and O–H groups in total. The van der Waals surface area contributed by atoms with E-state index in [-0.39, 0.29) is 27.7 Å². The van der Waals surface area contributed by atoms with Crippen molar-refractivity contribution in [1.82, 2.24) is 4.31 Å². The van der Waals surface area contributed by atoms with Crippen LogP contribution < -0.4 is 4.90 Å². The Balaban J connectivity index is 1.49. The number of nitrogens with zero attached hydrogens (tertiary/aromatic N) is 3. The fourth-order valence-corrected chi connectivity index (χ4v) is 9.11. The van der Waals surface area contributed by atoms with Crippen molar-refractivity contribution in [3.8, 4) is 6.07 Å². The maximum atomic E-state index is 13.1. The van der Waals surface area contributed by atoms with Crippen molar-refractivity contribution in [2.45, 2.75) is 31.1 Å². The first kappa shape index (κ1) is 23.5. The Bertz CT molecular complexity index is 1120. The minimum absolute atomic E-state index is 0.0266. The summed E-state index contributed by atoms with van der Waals surface area (Å²) in [6, 6.07) is 6.84.